The van der Waals surface area contributed by atoms with Crippen molar-refractivity contribution >= 4 is 43.5 Å². The first-order chi connectivity index (χ1) is 6.16. The summed E-state index contributed by atoms with van der Waals surface area (Å²) in [5.41, 5.74) is 0. The molecule has 2 heterocycles. The van der Waals surface area contributed by atoms with Crippen molar-refractivity contribution in [3.8, 4) is 11.6 Å². The fourth-order valence-corrected chi connectivity index (χ4v) is 1.45. The molecule has 4 nitrogen and oxygen atoms in total. The average molecular weight is 328 g/mol. The van der Waals surface area contributed by atoms with Gasteiger partial charge in [-0.05, 0) is 43.5 Å². The SMILES string of the molecule is Clc1nc(-c2cc(Br)c(Br)o2)no1. The molecule has 7 heteroatoms. The van der Waals surface area contributed by atoms with Crippen LogP contribution >= 0.6 is 43.5 Å². The lowest BCUT2D eigenvalue weighted by Gasteiger charge is -1.82. The van der Waals surface area contributed by atoms with Crippen molar-refractivity contribution in [1.82, 2.24) is 10.1 Å². The second-order valence-corrected chi connectivity index (χ2v) is 4.00. The Kier molecular flexibility index (Phi) is 2.44. The fraction of sp³-hybridized carbons (Fsp3) is 0. The van der Waals surface area contributed by atoms with Gasteiger partial charge >= 0.3 is 5.35 Å². The van der Waals surface area contributed by atoms with Gasteiger partial charge in [-0.1, -0.05) is 5.16 Å². The molecule has 0 amide bonds. The van der Waals surface area contributed by atoms with Crippen LogP contribution in [0.15, 0.2) is 24.1 Å². The molecule has 0 N–H and O–H groups in total. The van der Waals surface area contributed by atoms with Gasteiger partial charge in [-0.25, -0.2) is 0 Å². The van der Waals surface area contributed by atoms with Gasteiger partial charge in [0.15, 0.2) is 10.4 Å². The Morgan fingerprint density at radius 2 is 2.15 bits per heavy atom. The number of hydrogen-bond acceptors (Lipinski definition) is 4. The average Bonchev–Trinajstić information content (AvgIpc) is 2.61. The van der Waals surface area contributed by atoms with Gasteiger partial charge in [-0.2, -0.15) is 4.98 Å². The van der Waals surface area contributed by atoms with E-state index in [1.54, 1.807) is 6.07 Å². The summed E-state index contributed by atoms with van der Waals surface area (Å²) in [7, 11) is 0. The number of nitrogens with zero attached hydrogens (tertiary/aromatic N) is 2. The predicted octanol–water partition coefficient (Wildman–Crippen LogP) is 3.51. The molecule has 2 aromatic rings. The zero-order valence-electron chi connectivity index (χ0n) is 5.92. The van der Waals surface area contributed by atoms with E-state index in [0.717, 1.165) is 4.47 Å². The smallest absolute Gasteiger partial charge is 0.320 e. The van der Waals surface area contributed by atoms with E-state index in [1.807, 2.05) is 0 Å². The minimum Gasteiger partial charge on any atom is -0.445 e. The van der Waals surface area contributed by atoms with Crippen LogP contribution < -0.4 is 0 Å². The van der Waals surface area contributed by atoms with Crippen molar-refractivity contribution in [3.05, 3.63) is 20.6 Å². The predicted molar refractivity (Wildman–Crippen MR) is 52.4 cm³/mol. The van der Waals surface area contributed by atoms with Gasteiger partial charge in [0.25, 0.3) is 0 Å². The van der Waals surface area contributed by atoms with Crippen molar-refractivity contribution in [3.63, 3.8) is 0 Å². The molecule has 0 fully saturated rings. The highest BCUT2D eigenvalue weighted by atomic mass is 79.9. The topological polar surface area (TPSA) is 52.1 Å². The van der Waals surface area contributed by atoms with E-state index < -0.39 is 0 Å². The molecular weight excluding hydrogens is 327 g/mol. The van der Waals surface area contributed by atoms with E-state index in [9.17, 15) is 0 Å². The van der Waals surface area contributed by atoms with Crippen LogP contribution in [0, 0.1) is 0 Å². The lowest BCUT2D eigenvalue weighted by molar-refractivity contribution is 0.418. The normalized spacial score (nSPS) is 10.7. The number of furan rings is 1. The third-order valence-electron chi connectivity index (χ3n) is 1.27. The molecule has 0 radical (unpaired) electrons. The number of aromatic nitrogens is 2. The Balaban J connectivity index is 2.46. The van der Waals surface area contributed by atoms with Crippen LogP contribution in [0.3, 0.4) is 0 Å². The van der Waals surface area contributed by atoms with Crippen molar-refractivity contribution in [2.75, 3.05) is 0 Å². The quantitative estimate of drug-likeness (QED) is 0.804. The molecule has 0 aliphatic rings. The van der Waals surface area contributed by atoms with Crippen LogP contribution in [0.1, 0.15) is 0 Å². The highest BCUT2D eigenvalue weighted by molar-refractivity contribution is 9.13. The second-order valence-electron chi connectivity index (χ2n) is 2.10. The molecule has 0 unspecified atom stereocenters. The van der Waals surface area contributed by atoms with Crippen molar-refractivity contribution in [2.24, 2.45) is 0 Å². The number of halogens is 3. The van der Waals surface area contributed by atoms with Crippen LogP contribution in [0.5, 0.6) is 0 Å². The summed E-state index contributed by atoms with van der Waals surface area (Å²) in [5.74, 6) is 0.797. The Morgan fingerprint density at radius 1 is 1.38 bits per heavy atom. The van der Waals surface area contributed by atoms with E-state index in [1.165, 1.54) is 0 Å². The van der Waals surface area contributed by atoms with E-state index in [-0.39, 0.29) is 5.35 Å². The second kappa shape index (κ2) is 3.43. The summed E-state index contributed by atoms with van der Waals surface area (Å²) in [6.45, 7) is 0. The molecule has 0 aliphatic carbocycles. The highest BCUT2D eigenvalue weighted by Gasteiger charge is 2.13. The first-order valence-corrected chi connectivity index (χ1v) is 5.07. The molecule has 0 spiro atoms. The van der Waals surface area contributed by atoms with Crippen LogP contribution in [0.25, 0.3) is 11.6 Å². The van der Waals surface area contributed by atoms with Gasteiger partial charge in [0.1, 0.15) is 0 Å². The Labute approximate surface area is 94.5 Å². The standard InChI is InChI=1S/C6HBr2ClN2O2/c7-2-1-3(12-4(2)8)5-10-6(9)13-11-5/h1H. The molecule has 0 saturated carbocycles. The van der Waals surface area contributed by atoms with E-state index >= 15 is 0 Å². The van der Waals surface area contributed by atoms with E-state index in [2.05, 4.69) is 46.5 Å². The summed E-state index contributed by atoms with van der Waals surface area (Å²) < 4.78 is 11.2. The first-order valence-electron chi connectivity index (χ1n) is 3.11. The molecule has 0 aromatic carbocycles. The summed E-state index contributed by atoms with van der Waals surface area (Å²) >= 11 is 11.9. The number of rotatable bonds is 1. The van der Waals surface area contributed by atoms with Crippen molar-refractivity contribution in [2.45, 2.75) is 0 Å². The molecule has 2 rings (SSSR count). The lowest BCUT2D eigenvalue weighted by Crippen LogP contribution is -1.74. The monoisotopic (exact) mass is 326 g/mol. The Morgan fingerprint density at radius 3 is 2.62 bits per heavy atom. The van der Waals surface area contributed by atoms with Crippen LogP contribution in [-0.4, -0.2) is 10.1 Å². The van der Waals surface area contributed by atoms with Crippen LogP contribution in [0.2, 0.25) is 5.35 Å². The first kappa shape index (κ1) is 9.23. The number of hydrogen-bond donors (Lipinski definition) is 0. The zero-order chi connectivity index (χ0) is 9.42. The largest absolute Gasteiger partial charge is 0.445 e. The highest BCUT2D eigenvalue weighted by Crippen LogP contribution is 2.31. The molecule has 68 valence electrons. The maximum absolute atomic E-state index is 5.45. The van der Waals surface area contributed by atoms with Gasteiger partial charge in [0.2, 0.25) is 5.82 Å². The summed E-state index contributed by atoms with van der Waals surface area (Å²) in [6.07, 6.45) is 0. The van der Waals surface area contributed by atoms with E-state index in [4.69, 9.17) is 16.0 Å². The molecular formula is C6HBr2ClN2O2. The summed E-state index contributed by atoms with van der Waals surface area (Å²) in [5, 5.41) is 3.57. The summed E-state index contributed by atoms with van der Waals surface area (Å²) in [4.78, 5) is 3.79. The molecule has 0 aliphatic heterocycles. The van der Waals surface area contributed by atoms with Crippen molar-refractivity contribution in [1.29, 1.82) is 0 Å². The molecule has 0 atom stereocenters. The molecule has 0 saturated heterocycles. The minimum atomic E-state index is -0.0151. The maximum Gasteiger partial charge on any atom is 0.320 e. The zero-order valence-corrected chi connectivity index (χ0v) is 9.85. The Hall–Kier alpha value is -0.330. The van der Waals surface area contributed by atoms with Gasteiger partial charge < -0.3 is 8.94 Å². The maximum atomic E-state index is 5.45. The fourth-order valence-electron chi connectivity index (χ4n) is 0.762. The summed E-state index contributed by atoms with van der Waals surface area (Å²) in [6, 6.07) is 1.71. The third kappa shape index (κ3) is 1.79. The van der Waals surface area contributed by atoms with Crippen molar-refractivity contribution < 1.29 is 8.94 Å². The van der Waals surface area contributed by atoms with Gasteiger partial charge in [-0.3, -0.25) is 0 Å². The third-order valence-corrected chi connectivity index (χ3v) is 3.13. The van der Waals surface area contributed by atoms with Gasteiger partial charge in [-0.15, -0.1) is 0 Å². The van der Waals surface area contributed by atoms with Crippen LogP contribution in [-0.2, 0) is 0 Å². The molecule has 0 bridgehead atoms. The Bertz CT molecular complexity index is 420. The molecule has 13 heavy (non-hydrogen) atoms. The van der Waals surface area contributed by atoms with Crippen LogP contribution in [0.4, 0.5) is 0 Å². The molecule has 2 aromatic heterocycles. The minimum absolute atomic E-state index is 0.0151. The van der Waals surface area contributed by atoms with E-state index in [0.29, 0.717) is 16.3 Å². The van der Waals surface area contributed by atoms with Gasteiger partial charge in [0, 0.05) is 6.07 Å². The van der Waals surface area contributed by atoms with Gasteiger partial charge in [0.05, 0.1) is 4.47 Å². The lowest BCUT2D eigenvalue weighted by atomic mass is 10.4.